The summed E-state index contributed by atoms with van der Waals surface area (Å²) in [6, 6.07) is 17.2. The van der Waals surface area contributed by atoms with Crippen molar-refractivity contribution in [1.29, 1.82) is 0 Å². The van der Waals surface area contributed by atoms with Gasteiger partial charge in [0.05, 0.1) is 12.1 Å². The summed E-state index contributed by atoms with van der Waals surface area (Å²) in [4.78, 5) is 20.2. The Hall–Kier alpha value is -2.96. The third-order valence-corrected chi connectivity index (χ3v) is 8.11. The van der Waals surface area contributed by atoms with Crippen molar-refractivity contribution >= 4 is 22.4 Å². The second-order valence-corrected chi connectivity index (χ2v) is 10.2. The number of halogens is 1. The molecule has 3 aromatic carbocycles. The molecule has 35 heavy (non-hydrogen) atoms. The minimum absolute atomic E-state index is 0.0686. The highest BCUT2D eigenvalue weighted by Gasteiger charge is 2.38. The zero-order chi connectivity index (χ0) is 23.9. The number of piperazine rings is 1. The van der Waals surface area contributed by atoms with Crippen LogP contribution in [0, 0.1) is 5.82 Å². The van der Waals surface area contributed by atoms with E-state index in [4.69, 9.17) is 0 Å². The molecule has 0 bridgehead atoms. The fraction of sp³-hybridized carbons (Fsp3) is 0.414. The number of anilines is 1. The fourth-order valence-electron chi connectivity index (χ4n) is 6.18. The molecule has 2 fully saturated rings. The first-order valence-electron chi connectivity index (χ1n) is 12.8. The highest BCUT2D eigenvalue weighted by Crippen LogP contribution is 2.37. The molecule has 5 nitrogen and oxygen atoms in total. The van der Waals surface area contributed by atoms with Crippen LogP contribution in [0.2, 0.25) is 0 Å². The van der Waals surface area contributed by atoms with Gasteiger partial charge in [0.25, 0.3) is 5.91 Å². The Bertz CT molecular complexity index is 1240. The molecule has 1 aliphatic carbocycles. The largest absolute Gasteiger partial charge is 0.391 e. The van der Waals surface area contributed by atoms with E-state index in [-0.39, 0.29) is 17.8 Å². The summed E-state index contributed by atoms with van der Waals surface area (Å²) in [5.74, 6) is -0.138. The van der Waals surface area contributed by atoms with Crippen LogP contribution < -0.4 is 4.90 Å². The maximum absolute atomic E-state index is 13.5. The van der Waals surface area contributed by atoms with Crippen LogP contribution >= 0.6 is 0 Å². The molecule has 2 aliphatic heterocycles. The van der Waals surface area contributed by atoms with E-state index in [1.807, 2.05) is 17.0 Å². The fourth-order valence-corrected chi connectivity index (χ4v) is 6.18. The van der Waals surface area contributed by atoms with E-state index in [1.54, 1.807) is 0 Å². The normalized spacial score (nSPS) is 23.2. The number of hydrogen-bond donors (Lipinski definition) is 1. The molecular weight excluding hydrogens is 441 g/mol. The van der Waals surface area contributed by atoms with Crippen LogP contribution in [0.4, 0.5) is 10.1 Å². The lowest BCUT2D eigenvalue weighted by atomic mass is 9.91. The van der Waals surface area contributed by atoms with Crippen molar-refractivity contribution in [2.75, 3.05) is 31.1 Å². The molecule has 1 saturated heterocycles. The highest BCUT2D eigenvalue weighted by atomic mass is 19.1. The van der Waals surface area contributed by atoms with E-state index in [1.165, 1.54) is 23.1 Å². The van der Waals surface area contributed by atoms with Crippen LogP contribution in [0.3, 0.4) is 0 Å². The number of nitrogens with zero attached hydrogens (tertiary/aromatic N) is 3. The minimum atomic E-state index is -0.426. The Labute approximate surface area is 205 Å². The van der Waals surface area contributed by atoms with Crippen molar-refractivity contribution in [2.45, 2.75) is 50.9 Å². The lowest BCUT2D eigenvalue weighted by molar-refractivity contribution is 0.0192. The summed E-state index contributed by atoms with van der Waals surface area (Å²) in [6.45, 7) is 4.99. The van der Waals surface area contributed by atoms with Crippen molar-refractivity contribution in [1.82, 2.24) is 9.80 Å². The highest BCUT2D eigenvalue weighted by molar-refractivity contribution is 6.05. The average molecular weight is 474 g/mol. The van der Waals surface area contributed by atoms with Gasteiger partial charge in [0.15, 0.2) is 0 Å². The lowest BCUT2D eigenvalue weighted by Gasteiger charge is -2.36. The zero-order valence-electron chi connectivity index (χ0n) is 20.0. The molecule has 6 rings (SSSR count). The van der Waals surface area contributed by atoms with Gasteiger partial charge in [-0.1, -0.05) is 37.1 Å². The third kappa shape index (κ3) is 4.19. The van der Waals surface area contributed by atoms with Gasteiger partial charge in [-0.3, -0.25) is 9.69 Å². The molecule has 0 spiro atoms. The number of hydrogen-bond acceptors (Lipinski definition) is 4. The Morgan fingerprint density at radius 2 is 1.63 bits per heavy atom. The number of aliphatic hydroxyl groups is 1. The summed E-state index contributed by atoms with van der Waals surface area (Å²) in [7, 11) is 0. The number of rotatable bonds is 4. The predicted octanol–water partition coefficient (Wildman–Crippen LogP) is 4.56. The Morgan fingerprint density at radius 3 is 2.37 bits per heavy atom. The summed E-state index contributed by atoms with van der Waals surface area (Å²) < 4.78 is 13.3. The molecule has 0 radical (unpaired) electrons. The summed E-state index contributed by atoms with van der Waals surface area (Å²) in [5, 5.41) is 13.0. The predicted molar refractivity (Wildman–Crippen MR) is 136 cm³/mol. The van der Waals surface area contributed by atoms with Crippen LogP contribution in [0.25, 0.3) is 10.8 Å². The second kappa shape index (κ2) is 9.25. The standard InChI is InChI=1S/C29H32FN3O2/c30-21-9-11-22(12-10-21)32-15-13-31(14-16-32)18-20-17-25-26(24-6-2-1-5-23(20)24)19-33(29(25)35)27-7-3-4-8-28(27)34/h1-2,5-6,9-12,17,27-28,34H,3-4,7-8,13-16,18-19H2/t27-,28-/m0/s1. The first-order valence-corrected chi connectivity index (χ1v) is 12.8. The monoisotopic (exact) mass is 473 g/mol. The SMILES string of the molecule is O=C1c2cc(CN3CCN(c4ccc(F)cc4)CC3)c3ccccc3c2CN1[C@H]1CCCC[C@@H]1O. The Morgan fingerprint density at radius 1 is 0.914 bits per heavy atom. The number of carbonyl (C=O) groups is 1. The number of aliphatic hydroxyl groups excluding tert-OH is 1. The van der Waals surface area contributed by atoms with Crippen LogP contribution in [-0.4, -0.2) is 59.1 Å². The van der Waals surface area contributed by atoms with Crippen molar-refractivity contribution in [3.05, 3.63) is 77.1 Å². The van der Waals surface area contributed by atoms with Crippen LogP contribution in [0.5, 0.6) is 0 Å². The van der Waals surface area contributed by atoms with E-state index >= 15 is 0 Å². The van der Waals surface area contributed by atoms with Crippen molar-refractivity contribution in [2.24, 2.45) is 0 Å². The topological polar surface area (TPSA) is 47.0 Å². The molecule has 2 atom stereocenters. The first-order chi connectivity index (χ1) is 17.1. The van der Waals surface area contributed by atoms with E-state index < -0.39 is 6.10 Å². The Balaban J connectivity index is 1.23. The minimum Gasteiger partial charge on any atom is -0.391 e. The van der Waals surface area contributed by atoms with E-state index in [2.05, 4.69) is 40.1 Å². The molecule has 3 aliphatic rings. The third-order valence-electron chi connectivity index (χ3n) is 8.11. The number of amides is 1. The van der Waals surface area contributed by atoms with Gasteiger partial charge in [-0.15, -0.1) is 0 Å². The summed E-state index contributed by atoms with van der Waals surface area (Å²) in [5.41, 5.74) is 4.16. The van der Waals surface area contributed by atoms with Crippen LogP contribution in [-0.2, 0) is 13.1 Å². The molecule has 0 aromatic heterocycles. The maximum Gasteiger partial charge on any atom is 0.254 e. The molecule has 6 heteroatoms. The molecule has 3 aromatic rings. The number of benzene rings is 3. The molecule has 1 amide bonds. The zero-order valence-corrected chi connectivity index (χ0v) is 20.0. The summed E-state index contributed by atoms with van der Waals surface area (Å²) in [6.07, 6.45) is 3.33. The molecule has 0 unspecified atom stereocenters. The molecule has 1 N–H and O–H groups in total. The maximum atomic E-state index is 13.5. The van der Waals surface area contributed by atoms with Gasteiger partial charge in [0.2, 0.25) is 0 Å². The molecular formula is C29H32FN3O2. The van der Waals surface area contributed by atoms with Gasteiger partial charge >= 0.3 is 0 Å². The smallest absolute Gasteiger partial charge is 0.254 e. The first kappa shape index (κ1) is 22.5. The lowest BCUT2D eigenvalue weighted by Crippen LogP contribution is -2.46. The molecule has 1 saturated carbocycles. The van der Waals surface area contributed by atoms with Gasteiger partial charge in [0.1, 0.15) is 5.82 Å². The number of carbonyl (C=O) groups excluding carboxylic acids is 1. The van der Waals surface area contributed by atoms with E-state index in [0.29, 0.717) is 6.54 Å². The van der Waals surface area contributed by atoms with Crippen LogP contribution in [0.1, 0.15) is 47.2 Å². The van der Waals surface area contributed by atoms with Crippen molar-refractivity contribution < 1.29 is 14.3 Å². The van der Waals surface area contributed by atoms with Gasteiger partial charge in [-0.25, -0.2) is 4.39 Å². The van der Waals surface area contributed by atoms with Gasteiger partial charge < -0.3 is 14.9 Å². The quantitative estimate of drug-likeness (QED) is 0.604. The number of fused-ring (bicyclic) bond motifs is 3. The molecule has 182 valence electrons. The van der Waals surface area contributed by atoms with Crippen LogP contribution in [0.15, 0.2) is 54.6 Å². The van der Waals surface area contributed by atoms with Crippen molar-refractivity contribution in [3.8, 4) is 0 Å². The van der Waals surface area contributed by atoms with Gasteiger partial charge in [-0.2, -0.15) is 0 Å². The van der Waals surface area contributed by atoms with Gasteiger partial charge in [0, 0.05) is 50.5 Å². The van der Waals surface area contributed by atoms with Crippen molar-refractivity contribution in [3.63, 3.8) is 0 Å². The summed E-state index contributed by atoms with van der Waals surface area (Å²) >= 11 is 0. The van der Waals surface area contributed by atoms with E-state index in [0.717, 1.165) is 80.6 Å². The van der Waals surface area contributed by atoms with Gasteiger partial charge in [-0.05, 0) is 65.1 Å². The Kier molecular flexibility index (Phi) is 5.94. The molecule has 2 heterocycles. The average Bonchev–Trinajstić information content (AvgIpc) is 3.21. The van der Waals surface area contributed by atoms with E-state index in [9.17, 15) is 14.3 Å². The second-order valence-electron chi connectivity index (χ2n) is 10.2.